The summed E-state index contributed by atoms with van der Waals surface area (Å²) in [5.41, 5.74) is 1.07. The largest absolute Gasteiger partial charge is 0.573 e. The number of amides is 1. The van der Waals surface area contributed by atoms with Crippen LogP contribution in [-0.2, 0) is 4.79 Å². The molecule has 0 aliphatic carbocycles. The summed E-state index contributed by atoms with van der Waals surface area (Å²) >= 11 is 4.40. The SMILES string of the molecule is O=C(CSc1nnnn1-c1ccc(OC(F)(F)F)cc1)Nc1ccc(Br)cc1. The van der Waals surface area contributed by atoms with Crippen molar-refractivity contribution in [3.05, 3.63) is 53.0 Å². The van der Waals surface area contributed by atoms with Crippen molar-refractivity contribution in [2.45, 2.75) is 11.5 Å². The first-order valence-corrected chi connectivity index (χ1v) is 9.41. The predicted molar refractivity (Wildman–Crippen MR) is 99.3 cm³/mol. The van der Waals surface area contributed by atoms with Gasteiger partial charge in [-0.1, -0.05) is 27.7 Å². The number of carbonyl (C=O) groups is 1. The van der Waals surface area contributed by atoms with Crippen molar-refractivity contribution < 1.29 is 22.7 Å². The summed E-state index contributed by atoms with van der Waals surface area (Å²) in [6.45, 7) is 0. The number of rotatable bonds is 6. The van der Waals surface area contributed by atoms with E-state index in [1.165, 1.54) is 16.8 Å². The van der Waals surface area contributed by atoms with Crippen LogP contribution in [0.15, 0.2) is 58.2 Å². The Bertz CT molecular complexity index is 948. The molecule has 1 N–H and O–H groups in total. The van der Waals surface area contributed by atoms with Gasteiger partial charge in [-0.05, 0) is 59.0 Å². The van der Waals surface area contributed by atoms with Crippen LogP contribution in [0.2, 0.25) is 0 Å². The van der Waals surface area contributed by atoms with Crippen molar-refractivity contribution in [1.82, 2.24) is 20.2 Å². The van der Waals surface area contributed by atoms with Gasteiger partial charge in [0.05, 0.1) is 11.4 Å². The van der Waals surface area contributed by atoms with Crippen LogP contribution >= 0.6 is 27.7 Å². The van der Waals surface area contributed by atoms with Crippen molar-refractivity contribution >= 4 is 39.3 Å². The standard InChI is InChI=1S/C16H11BrF3N5O2S/c17-10-1-3-11(4-2-10)21-14(26)9-28-15-22-23-24-25(15)12-5-7-13(8-6-12)27-16(18,19)20/h1-8H,9H2,(H,21,26). The Kier molecular flexibility index (Phi) is 6.19. The molecule has 0 radical (unpaired) electrons. The predicted octanol–water partition coefficient (Wildman–Crippen LogP) is 4.05. The molecule has 0 spiro atoms. The molecule has 0 aliphatic heterocycles. The second kappa shape index (κ2) is 8.61. The van der Waals surface area contributed by atoms with Gasteiger partial charge < -0.3 is 10.1 Å². The fourth-order valence-corrected chi connectivity index (χ4v) is 3.04. The number of thioether (sulfide) groups is 1. The highest BCUT2D eigenvalue weighted by Gasteiger charge is 2.31. The number of halogens is 4. The third-order valence-corrected chi connectivity index (χ3v) is 4.66. The number of hydrogen-bond donors (Lipinski definition) is 1. The van der Waals surface area contributed by atoms with E-state index < -0.39 is 6.36 Å². The lowest BCUT2D eigenvalue weighted by Gasteiger charge is -2.09. The lowest BCUT2D eigenvalue weighted by molar-refractivity contribution is -0.274. The Balaban J connectivity index is 1.62. The van der Waals surface area contributed by atoms with Gasteiger partial charge in [0.25, 0.3) is 0 Å². The van der Waals surface area contributed by atoms with E-state index in [4.69, 9.17) is 0 Å². The van der Waals surface area contributed by atoms with E-state index in [1.807, 2.05) is 0 Å². The lowest BCUT2D eigenvalue weighted by Crippen LogP contribution is -2.17. The fourth-order valence-electron chi connectivity index (χ4n) is 2.08. The second-order valence-corrected chi connectivity index (χ2v) is 7.12. The van der Waals surface area contributed by atoms with Gasteiger partial charge in [0.1, 0.15) is 5.75 Å². The molecule has 28 heavy (non-hydrogen) atoms. The molecule has 1 heterocycles. The molecular formula is C16H11BrF3N5O2S. The number of nitrogens with zero attached hydrogens (tertiary/aromatic N) is 4. The maximum Gasteiger partial charge on any atom is 0.573 e. The zero-order chi connectivity index (χ0) is 20.1. The molecule has 0 bridgehead atoms. The molecule has 146 valence electrons. The molecule has 0 saturated carbocycles. The van der Waals surface area contributed by atoms with Gasteiger partial charge in [0.15, 0.2) is 0 Å². The summed E-state index contributed by atoms with van der Waals surface area (Å²) in [7, 11) is 0. The van der Waals surface area contributed by atoms with Crippen molar-refractivity contribution in [2.24, 2.45) is 0 Å². The molecule has 0 aliphatic rings. The van der Waals surface area contributed by atoms with Crippen LogP contribution in [0.1, 0.15) is 0 Å². The zero-order valence-electron chi connectivity index (χ0n) is 13.9. The Morgan fingerprint density at radius 3 is 2.46 bits per heavy atom. The first kappa shape index (κ1) is 20.1. The maximum atomic E-state index is 12.2. The highest BCUT2D eigenvalue weighted by molar-refractivity contribution is 9.10. The summed E-state index contributed by atoms with van der Waals surface area (Å²) in [6.07, 6.45) is -4.76. The molecule has 1 aromatic heterocycles. The number of tetrazole rings is 1. The molecule has 7 nitrogen and oxygen atoms in total. The van der Waals surface area contributed by atoms with Gasteiger partial charge in [-0.3, -0.25) is 4.79 Å². The van der Waals surface area contributed by atoms with Gasteiger partial charge in [0, 0.05) is 10.2 Å². The molecule has 0 unspecified atom stereocenters. The lowest BCUT2D eigenvalue weighted by atomic mass is 10.3. The van der Waals surface area contributed by atoms with Crippen molar-refractivity contribution in [2.75, 3.05) is 11.1 Å². The van der Waals surface area contributed by atoms with Gasteiger partial charge >= 0.3 is 6.36 Å². The number of nitrogens with one attached hydrogen (secondary N) is 1. The Labute approximate surface area is 169 Å². The normalized spacial score (nSPS) is 11.3. The Morgan fingerprint density at radius 1 is 1.14 bits per heavy atom. The molecular weight excluding hydrogens is 463 g/mol. The smallest absolute Gasteiger partial charge is 0.406 e. The summed E-state index contributed by atoms with van der Waals surface area (Å²) in [4.78, 5) is 12.1. The average Bonchev–Trinajstić information content (AvgIpc) is 3.10. The van der Waals surface area contributed by atoms with Gasteiger partial charge in [-0.2, -0.15) is 4.68 Å². The molecule has 0 atom stereocenters. The van der Waals surface area contributed by atoms with E-state index in [1.54, 1.807) is 24.3 Å². The Hall–Kier alpha value is -2.60. The monoisotopic (exact) mass is 473 g/mol. The highest BCUT2D eigenvalue weighted by atomic mass is 79.9. The van der Waals surface area contributed by atoms with E-state index in [-0.39, 0.29) is 17.4 Å². The number of alkyl halides is 3. The minimum atomic E-state index is -4.76. The molecule has 1 amide bonds. The molecule has 2 aromatic carbocycles. The molecule has 0 saturated heterocycles. The van der Waals surface area contributed by atoms with E-state index in [2.05, 4.69) is 41.5 Å². The van der Waals surface area contributed by atoms with E-state index >= 15 is 0 Å². The van der Waals surface area contributed by atoms with E-state index in [0.29, 0.717) is 16.5 Å². The van der Waals surface area contributed by atoms with Gasteiger partial charge in [0.2, 0.25) is 11.1 Å². The maximum absolute atomic E-state index is 12.2. The van der Waals surface area contributed by atoms with E-state index in [0.717, 1.165) is 28.4 Å². The van der Waals surface area contributed by atoms with Crippen LogP contribution in [0.3, 0.4) is 0 Å². The van der Waals surface area contributed by atoms with Crippen LogP contribution in [0, 0.1) is 0 Å². The summed E-state index contributed by atoms with van der Waals surface area (Å²) in [6, 6.07) is 12.2. The van der Waals surface area contributed by atoms with Crippen LogP contribution in [-0.4, -0.2) is 38.2 Å². The third kappa shape index (κ3) is 5.70. The van der Waals surface area contributed by atoms with Crippen molar-refractivity contribution in [3.8, 4) is 11.4 Å². The quantitative estimate of drug-likeness (QED) is 0.543. The minimum absolute atomic E-state index is 0.0473. The first-order valence-electron chi connectivity index (χ1n) is 7.63. The number of hydrogen-bond acceptors (Lipinski definition) is 6. The molecule has 3 rings (SSSR count). The number of anilines is 1. The third-order valence-electron chi connectivity index (χ3n) is 3.22. The van der Waals surface area contributed by atoms with Crippen molar-refractivity contribution in [3.63, 3.8) is 0 Å². The topological polar surface area (TPSA) is 81.9 Å². The van der Waals surface area contributed by atoms with Crippen LogP contribution < -0.4 is 10.1 Å². The van der Waals surface area contributed by atoms with Crippen LogP contribution in [0.4, 0.5) is 18.9 Å². The fraction of sp³-hybridized carbons (Fsp3) is 0.125. The highest BCUT2D eigenvalue weighted by Crippen LogP contribution is 2.25. The van der Waals surface area contributed by atoms with Crippen LogP contribution in [0.5, 0.6) is 5.75 Å². The van der Waals surface area contributed by atoms with Gasteiger partial charge in [-0.25, -0.2) is 0 Å². The minimum Gasteiger partial charge on any atom is -0.406 e. The number of carbonyl (C=O) groups excluding carboxylic acids is 1. The van der Waals surface area contributed by atoms with Gasteiger partial charge in [-0.15, -0.1) is 18.3 Å². The summed E-state index contributed by atoms with van der Waals surface area (Å²) in [5, 5.41) is 14.2. The summed E-state index contributed by atoms with van der Waals surface area (Å²) in [5.74, 6) is -0.561. The van der Waals surface area contributed by atoms with Crippen LogP contribution in [0.25, 0.3) is 5.69 Å². The number of benzene rings is 2. The molecule has 3 aromatic rings. The zero-order valence-corrected chi connectivity index (χ0v) is 16.3. The van der Waals surface area contributed by atoms with E-state index in [9.17, 15) is 18.0 Å². The number of aromatic nitrogens is 4. The number of ether oxygens (including phenoxy) is 1. The summed E-state index contributed by atoms with van der Waals surface area (Å²) < 4.78 is 42.7. The molecule has 0 fully saturated rings. The molecule has 12 heteroatoms. The average molecular weight is 474 g/mol. The van der Waals surface area contributed by atoms with Crippen molar-refractivity contribution in [1.29, 1.82) is 0 Å². The second-order valence-electron chi connectivity index (χ2n) is 5.26. The Morgan fingerprint density at radius 2 is 1.82 bits per heavy atom. The first-order chi connectivity index (χ1) is 13.3.